The van der Waals surface area contributed by atoms with Crippen molar-refractivity contribution in [3.8, 4) is 11.5 Å². The molecule has 1 fully saturated rings. The number of hydrogen-bond donors (Lipinski definition) is 2. The van der Waals surface area contributed by atoms with Gasteiger partial charge in [0.2, 0.25) is 0 Å². The van der Waals surface area contributed by atoms with Crippen LogP contribution in [0.3, 0.4) is 0 Å². The van der Waals surface area contributed by atoms with E-state index >= 15 is 0 Å². The van der Waals surface area contributed by atoms with Gasteiger partial charge >= 0.3 is 0 Å². The minimum atomic E-state index is -0.585. The van der Waals surface area contributed by atoms with E-state index in [1.807, 2.05) is 12.1 Å². The lowest BCUT2D eigenvalue weighted by molar-refractivity contribution is -0.903. The van der Waals surface area contributed by atoms with Crippen LogP contribution >= 0.6 is 0 Å². The van der Waals surface area contributed by atoms with Gasteiger partial charge < -0.3 is 24.4 Å². The molecule has 1 aliphatic heterocycles. The topological polar surface area (TPSA) is 89.5 Å². The summed E-state index contributed by atoms with van der Waals surface area (Å²) in [5, 5.41) is 20.9. The van der Waals surface area contributed by atoms with Crippen LogP contribution in [0.1, 0.15) is 0 Å². The Bertz CT molecular complexity index is 758. The molecule has 2 N–H and O–H groups in total. The Morgan fingerprint density at radius 2 is 1.71 bits per heavy atom. The summed E-state index contributed by atoms with van der Waals surface area (Å²) in [6.07, 6.45) is -0.585. The van der Waals surface area contributed by atoms with Crippen LogP contribution in [0.5, 0.6) is 11.5 Å². The first-order chi connectivity index (χ1) is 13.5. The average Bonchev–Trinajstić information content (AvgIpc) is 2.73. The smallest absolute Gasteiger partial charge is 0.269 e. The van der Waals surface area contributed by atoms with E-state index in [4.69, 9.17) is 9.47 Å². The third-order valence-electron chi connectivity index (χ3n) is 4.92. The molecule has 1 atom stereocenters. The fourth-order valence-corrected chi connectivity index (χ4v) is 3.33. The molecular weight excluding hydrogens is 362 g/mol. The Morgan fingerprint density at radius 3 is 2.29 bits per heavy atom. The molecule has 1 saturated heterocycles. The van der Waals surface area contributed by atoms with Crippen LogP contribution in [-0.2, 0) is 0 Å². The number of hydrogen-bond acceptors (Lipinski definition) is 6. The average molecular weight is 388 g/mol. The number of nitro groups is 1. The summed E-state index contributed by atoms with van der Waals surface area (Å²) in [4.78, 5) is 13.9. The molecule has 0 bridgehead atoms. The maximum atomic E-state index is 10.7. The number of nitro benzene ring substituents is 1. The maximum Gasteiger partial charge on any atom is 0.269 e. The Kier molecular flexibility index (Phi) is 6.67. The lowest BCUT2D eigenvalue weighted by atomic mass is 10.2. The number of aliphatic hydroxyl groups is 1. The van der Waals surface area contributed by atoms with E-state index in [0.29, 0.717) is 12.3 Å². The zero-order chi connectivity index (χ0) is 19.9. The molecule has 0 aromatic heterocycles. The van der Waals surface area contributed by atoms with E-state index in [1.54, 1.807) is 19.2 Å². The lowest BCUT2D eigenvalue weighted by Gasteiger charge is -2.34. The highest BCUT2D eigenvalue weighted by molar-refractivity contribution is 5.49. The van der Waals surface area contributed by atoms with E-state index in [-0.39, 0.29) is 12.3 Å². The van der Waals surface area contributed by atoms with E-state index in [2.05, 4.69) is 17.0 Å². The zero-order valence-electron chi connectivity index (χ0n) is 15.9. The summed E-state index contributed by atoms with van der Waals surface area (Å²) in [6.45, 7) is 4.53. The van der Waals surface area contributed by atoms with Gasteiger partial charge in [-0.3, -0.25) is 10.1 Å². The molecule has 2 aromatic carbocycles. The second-order valence-electron chi connectivity index (χ2n) is 6.86. The van der Waals surface area contributed by atoms with Crippen molar-refractivity contribution in [1.29, 1.82) is 0 Å². The monoisotopic (exact) mass is 388 g/mol. The van der Waals surface area contributed by atoms with Crippen molar-refractivity contribution in [1.82, 2.24) is 0 Å². The Balaban J connectivity index is 1.40. The van der Waals surface area contributed by atoms with Crippen molar-refractivity contribution >= 4 is 11.4 Å². The summed E-state index contributed by atoms with van der Waals surface area (Å²) in [5.74, 6) is 1.37. The van der Waals surface area contributed by atoms with Crippen LogP contribution in [-0.4, -0.2) is 62.6 Å². The molecule has 28 heavy (non-hydrogen) atoms. The van der Waals surface area contributed by atoms with E-state index in [0.717, 1.165) is 31.9 Å². The molecule has 0 unspecified atom stereocenters. The Labute approximate surface area is 164 Å². The first kappa shape index (κ1) is 19.9. The molecule has 3 rings (SSSR count). The van der Waals surface area contributed by atoms with Gasteiger partial charge in [-0.05, 0) is 36.4 Å². The minimum absolute atomic E-state index is 0.0204. The molecule has 1 aliphatic rings. The van der Waals surface area contributed by atoms with Crippen molar-refractivity contribution in [2.24, 2.45) is 0 Å². The number of methoxy groups -OCH3 is 1. The number of piperazine rings is 1. The summed E-state index contributed by atoms with van der Waals surface area (Å²) in [6, 6.07) is 13.9. The van der Waals surface area contributed by atoms with Crippen LogP contribution in [0.15, 0.2) is 48.5 Å². The molecule has 150 valence electrons. The van der Waals surface area contributed by atoms with Gasteiger partial charge in [-0.15, -0.1) is 0 Å². The van der Waals surface area contributed by atoms with Crippen molar-refractivity contribution in [3.05, 3.63) is 58.6 Å². The fourth-order valence-electron chi connectivity index (χ4n) is 3.33. The third kappa shape index (κ3) is 5.34. The second-order valence-corrected chi connectivity index (χ2v) is 6.86. The molecule has 0 amide bonds. The number of benzene rings is 2. The Hall–Kier alpha value is -2.84. The molecule has 8 heteroatoms. The number of anilines is 1. The van der Waals surface area contributed by atoms with Gasteiger partial charge in [0.25, 0.3) is 5.69 Å². The summed E-state index contributed by atoms with van der Waals surface area (Å²) in [7, 11) is 1.66. The van der Waals surface area contributed by atoms with Crippen molar-refractivity contribution in [3.63, 3.8) is 0 Å². The molecule has 1 heterocycles. The SMILES string of the molecule is COc1ccc(N2CC[NH+](C[C@H](O)COc3ccc([N+](=O)[O-])cc3)CC2)cc1. The number of rotatable bonds is 8. The van der Waals surface area contributed by atoms with E-state index in [9.17, 15) is 15.2 Å². The van der Waals surface area contributed by atoms with E-state index in [1.165, 1.54) is 22.7 Å². The highest BCUT2D eigenvalue weighted by atomic mass is 16.6. The molecule has 0 radical (unpaired) electrons. The number of non-ortho nitro benzene ring substituents is 1. The van der Waals surface area contributed by atoms with Crippen LogP contribution in [0.4, 0.5) is 11.4 Å². The third-order valence-corrected chi connectivity index (χ3v) is 4.92. The van der Waals surface area contributed by atoms with Crippen LogP contribution in [0.2, 0.25) is 0 Å². The minimum Gasteiger partial charge on any atom is -0.497 e. The van der Waals surface area contributed by atoms with Crippen molar-refractivity contribution in [2.45, 2.75) is 6.10 Å². The zero-order valence-corrected chi connectivity index (χ0v) is 15.9. The maximum absolute atomic E-state index is 10.7. The van der Waals surface area contributed by atoms with Gasteiger partial charge in [-0.1, -0.05) is 0 Å². The first-order valence-electron chi connectivity index (χ1n) is 9.33. The highest BCUT2D eigenvalue weighted by Crippen LogP contribution is 2.19. The van der Waals surface area contributed by atoms with Gasteiger partial charge in [0.15, 0.2) is 0 Å². The highest BCUT2D eigenvalue weighted by Gasteiger charge is 2.23. The quantitative estimate of drug-likeness (QED) is 0.512. The van der Waals surface area contributed by atoms with Crippen LogP contribution in [0, 0.1) is 10.1 Å². The standard InChI is InChI=1S/C20H25N3O5/c1-27-19-6-2-16(3-7-19)22-12-10-21(11-13-22)14-18(24)15-28-20-8-4-17(5-9-20)23(25)26/h2-9,18,24H,10-15H2,1H3/p+1/t18-/m0/s1. The van der Waals surface area contributed by atoms with Gasteiger partial charge in [0.05, 0.1) is 38.2 Å². The van der Waals surface area contributed by atoms with E-state index < -0.39 is 11.0 Å². The van der Waals surface area contributed by atoms with Crippen molar-refractivity contribution in [2.75, 3.05) is 51.3 Å². The summed E-state index contributed by atoms with van der Waals surface area (Å²) < 4.78 is 10.7. The summed E-state index contributed by atoms with van der Waals surface area (Å²) >= 11 is 0. The van der Waals surface area contributed by atoms with Gasteiger partial charge in [0, 0.05) is 17.8 Å². The predicted octanol–water partition coefficient (Wildman–Crippen LogP) is 0.748. The van der Waals surface area contributed by atoms with Gasteiger partial charge in [-0.25, -0.2) is 0 Å². The number of aliphatic hydroxyl groups excluding tert-OH is 1. The fraction of sp³-hybridized carbons (Fsp3) is 0.400. The lowest BCUT2D eigenvalue weighted by Crippen LogP contribution is -3.16. The number of quaternary nitrogens is 1. The summed E-state index contributed by atoms with van der Waals surface area (Å²) in [5.41, 5.74) is 1.20. The number of nitrogens with zero attached hydrogens (tertiary/aromatic N) is 2. The van der Waals surface area contributed by atoms with Crippen LogP contribution in [0.25, 0.3) is 0 Å². The molecular formula is C20H26N3O5+. The first-order valence-corrected chi connectivity index (χ1v) is 9.33. The molecule has 2 aromatic rings. The van der Waals surface area contributed by atoms with Crippen molar-refractivity contribution < 1.29 is 24.4 Å². The second kappa shape index (κ2) is 9.38. The largest absolute Gasteiger partial charge is 0.497 e. The van der Waals surface area contributed by atoms with Gasteiger partial charge in [0.1, 0.15) is 30.8 Å². The number of nitrogens with one attached hydrogen (secondary N) is 1. The predicted molar refractivity (Wildman–Crippen MR) is 105 cm³/mol. The van der Waals surface area contributed by atoms with Gasteiger partial charge in [-0.2, -0.15) is 0 Å². The Morgan fingerprint density at radius 1 is 1.11 bits per heavy atom. The molecule has 8 nitrogen and oxygen atoms in total. The number of ether oxygens (including phenoxy) is 2. The molecule has 0 spiro atoms. The molecule has 0 saturated carbocycles. The molecule has 0 aliphatic carbocycles. The van der Waals surface area contributed by atoms with Crippen LogP contribution < -0.4 is 19.3 Å². The normalized spacial score (nSPS) is 15.9.